The summed E-state index contributed by atoms with van der Waals surface area (Å²) in [6.07, 6.45) is 1.51. The van der Waals surface area contributed by atoms with Gasteiger partial charge in [0.1, 0.15) is 0 Å². The van der Waals surface area contributed by atoms with Gasteiger partial charge < -0.3 is 9.47 Å². The van der Waals surface area contributed by atoms with Crippen molar-refractivity contribution < 1.29 is 14.4 Å². The van der Waals surface area contributed by atoms with Gasteiger partial charge in [0.2, 0.25) is 5.75 Å². The lowest BCUT2D eigenvalue weighted by Crippen LogP contribution is -2.03. The largest absolute Gasteiger partial charge is 0.490 e. The number of anilines is 1. The van der Waals surface area contributed by atoms with E-state index in [0.29, 0.717) is 24.5 Å². The van der Waals surface area contributed by atoms with Crippen molar-refractivity contribution in [1.29, 1.82) is 0 Å². The van der Waals surface area contributed by atoms with Crippen LogP contribution < -0.4 is 14.9 Å². The second-order valence-corrected chi connectivity index (χ2v) is 5.23. The molecule has 0 bridgehead atoms. The Kier molecular flexibility index (Phi) is 6.33. The lowest BCUT2D eigenvalue weighted by molar-refractivity contribution is -0.385. The Morgan fingerprint density at radius 3 is 2.44 bits per heavy atom. The van der Waals surface area contributed by atoms with Gasteiger partial charge in [-0.05, 0) is 39.0 Å². The molecule has 0 unspecified atom stereocenters. The summed E-state index contributed by atoms with van der Waals surface area (Å²) in [5.74, 6) is 0.466. The number of hydrogen-bond donors (Lipinski definition) is 1. The minimum atomic E-state index is -0.488. The molecule has 0 aliphatic carbocycles. The molecule has 0 aliphatic rings. The molecule has 0 aromatic heterocycles. The predicted octanol–water partition coefficient (Wildman–Crippen LogP) is 4.15. The lowest BCUT2D eigenvalue weighted by Gasteiger charge is -2.11. The molecule has 25 heavy (non-hydrogen) atoms. The Balaban J connectivity index is 2.28. The molecule has 2 aromatic rings. The molecule has 0 heterocycles. The Bertz CT molecular complexity index is 758. The van der Waals surface area contributed by atoms with E-state index in [4.69, 9.17) is 9.47 Å². The zero-order valence-electron chi connectivity index (χ0n) is 14.5. The summed E-state index contributed by atoms with van der Waals surface area (Å²) in [7, 11) is 0. The first-order valence-corrected chi connectivity index (χ1v) is 7.99. The number of hydrogen-bond acceptors (Lipinski definition) is 6. The van der Waals surface area contributed by atoms with Gasteiger partial charge in [0.05, 0.1) is 30.0 Å². The van der Waals surface area contributed by atoms with E-state index in [1.165, 1.54) is 12.3 Å². The topological polar surface area (TPSA) is 86.0 Å². The highest BCUT2D eigenvalue weighted by atomic mass is 16.6. The average molecular weight is 343 g/mol. The van der Waals surface area contributed by atoms with Crippen LogP contribution >= 0.6 is 0 Å². The van der Waals surface area contributed by atoms with Crippen LogP contribution in [-0.4, -0.2) is 24.4 Å². The van der Waals surface area contributed by atoms with E-state index in [1.807, 2.05) is 31.2 Å². The van der Waals surface area contributed by atoms with Crippen molar-refractivity contribution in [2.24, 2.45) is 5.10 Å². The van der Waals surface area contributed by atoms with Gasteiger partial charge in [-0.2, -0.15) is 5.10 Å². The first-order chi connectivity index (χ1) is 12.0. The molecule has 0 fully saturated rings. The monoisotopic (exact) mass is 343 g/mol. The molecule has 0 aliphatic heterocycles. The summed E-state index contributed by atoms with van der Waals surface area (Å²) in [5, 5.41) is 15.5. The van der Waals surface area contributed by atoms with Gasteiger partial charge in [-0.3, -0.25) is 15.5 Å². The molecular weight excluding hydrogens is 322 g/mol. The van der Waals surface area contributed by atoms with E-state index >= 15 is 0 Å². The first kappa shape index (κ1) is 18.3. The molecule has 2 aromatic carbocycles. The zero-order chi connectivity index (χ0) is 18.2. The molecule has 0 saturated heterocycles. The summed E-state index contributed by atoms with van der Waals surface area (Å²) in [4.78, 5) is 10.9. The van der Waals surface area contributed by atoms with E-state index in [0.717, 1.165) is 11.3 Å². The number of nitro groups is 1. The summed E-state index contributed by atoms with van der Waals surface area (Å²) >= 11 is 0. The fraction of sp³-hybridized carbons (Fsp3) is 0.278. The summed E-state index contributed by atoms with van der Waals surface area (Å²) in [6, 6.07) is 10.8. The number of nitrogens with zero attached hydrogens (tertiary/aromatic N) is 2. The number of aryl methyl sites for hydroxylation is 1. The minimum absolute atomic E-state index is 0.137. The summed E-state index contributed by atoms with van der Waals surface area (Å²) in [5.41, 5.74) is 5.26. The molecule has 132 valence electrons. The van der Waals surface area contributed by atoms with E-state index in [2.05, 4.69) is 10.5 Å². The number of hydrazone groups is 1. The van der Waals surface area contributed by atoms with Crippen molar-refractivity contribution in [3.63, 3.8) is 0 Å². The van der Waals surface area contributed by atoms with Crippen LogP contribution in [0.15, 0.2) is 41.5 Å². The third kappa shape index (κ3) is 4.94. The maximum Gasteiger partial charge on any atom is 0.315 e. The quantitative estimate of drug-likeness (QED) is 0.442. The molecule has 0 amide bonds. The van der Waals surface area contributed by atoms with E-state index in [1.54, 1.807) is 19.9 Å². The maximum atomic E-state index is 11.3. The first-order valence-electron chi connectivity index (χ1n) is 7.99. The van der Waals surface area contributed by atoms with Crippen molar-refractivity contribution in [3.05, 3.63) is 57.6 Å². The second kappa shape index (κ2) is 8.68. The Morgan fingerprint density at radius 2 is 1.84 bits per heavy atom. The molecule has 7 heteroatoms. The van der Waals surface area contributed by atoms with Crippen LogP contribution in [0, 0.1) is 17.0 Å². The van der Waals surface area contributed by atoms with Crippen LogP contribution in [0.2, 0.25) is 0 Å². The SMILES string of the molecule is CCOc1cc(/C=N/Nc2ccc(C)cc2)cc([N+](=O)[O-])c1OCC. The van der Waals surface area contributed by atoms with Crippen LogP contribution in [-0.2, 0) is 0 Å². The van der Waals surface area contributed by atoms with E-state index < -0.39 is 4.92 Å². The van der Waals surface area contributed by atoms with Crippen molar-refractivity contribution in [3.8, 4) is 11.5 Å². The zero-order valence-corrected chi connectivity index (χ0v) is 14.5. The van der Waals surface area contributed by atoms with Crippen LogP contribution in [0.3, 0.4) is 0 Å². The van der Waals surface area contributed by atoms with Crippen LogP contribution in [0.5, 0.6) is 11.5 Å². The number of ether oxygens (including phenoxy) is 2. The van der Waals surface area contributed by atoms with Gasteiger partial charge in [0.25, 0.3) is 0 Å². The van der Waals surface area contributed by atoms with Gasteiger partial charge in [-0.1, -0.05) is 17.7 Å². The van der Waals surface area contributed by atoms with Gasteiger partial charge >= 0.3 is 5.69 Å². The molecule has 2 rings (SSSR count). The molecule has 0 spiro atoms. The molecule has 7 nitrogen and oxygen atoms in total. The minimum Gasteiger partial charge on any atom is -0.490 e. The lowest BCUT2D eigenvalue weighted by atomic mass is 10.2. The van der Waals surface area contributed by atoms with E-state index in [9.17, 15) is 10.1 Å². The fourth-order valence-corrected chi connectivity index (χ4v) is 2.18. The van der Waals surface area contributed by atoms with Crippen LogP contribution in [0.1, 0.15) is 25.0 Å². The highest BCUT2D eigenvalue weighted by molar-refractivity contribution is 5.83. The van der Waals surface area contributed by atoms with Crippen molar-refractivity contribution in [2.45, 2.75) is 20.8 Å². The third-order valence-electron chi connectivity index (χ3n) is 3.30. The molecule has 0 saturated carbocycles. The summed E-state index contributed by atoms with van der Waals surface area (Å²) < 4.78 is 10.9. The van der Waals surface area contributed by atoms with Crippen molar-refractivity contribution >= 4 is 17.6 Å². The van der Waals surface area contributed by atoms with Gasteiger partial charge in [-0.15, -0.1) is 0 Å². The molecule has 0 atom stereocenters. The highest BCUT2D eigenvalue weighted by Crippen LogP contribution is 2.38. The van der Waals surface area contributed by atoms with Crippen molar-refractivity contribution in [2.75, 3.05) is 18.6 Å². The highest BCUT2D eigenvalue weighted by Gasteiger charge is 2.22. The normalized spacial score (nSPS) is 10.7. The second-order valence-electron chi connectivity index (χ2n) is 5.23. The number of nitro benzene ring substituents is 1. The fourth-order valence-electron chi connectivity index (χ4n) is 2.18. The van der Waals surface area contributed by atoms with Gasteiger partial charge in [0, 0.05) is 11.6 Å². The molecular formula is C18H21N3O4. The van der Waals surface area contributed by atoms with Gasteiger partial charge in [-0.25, -0.2) is 0 Å². The van der Waals surface area contributed by atoms with Gasteiger partial charge in [0.15, 0.2) is 5.75 Å². The van der Waals surface area contributed by atoms with Crippen LogP contribution in [0.4, 0.5) is 11.4 Å². The predicted molar refractivity (Wildman–Crippen MR) is 97.8 cm³/mol. The Hall–Kier alpha value is -3.09. The van der Waals surface area contributed by atoms with Crippen LogP contribution in [0.25, 0.3) is 0 Å². The number of rotatable bonds is 8. The maximum absolute atomic E-state index is 11.3. The smallest absolute Gasteiger partial charge is 0.315 e. The number of benzene rings is 2. The Labute approximate surface area is 146 Å². The number of nitrogens with one attached hydrogen (secondary N) is 1. The van der Waals surface area contributed by atoms with Crippen molar-refractivity contribution in [1.82, 2.24) is 0 Å². The van der Waals surface area contributed by atoms with E-state index in [-0.39, 0.29) is 11.4 Å². The standard InChI is InChI=1S/C18H21N3O4/c1-4-24-17-11-14(10-16(21(22)23)18(17)25-5-2)12-19-20-15-8-6-13(3)7-9-15/h6-12,20H,4-5H2,1-3H3/b19-12+. The third-order valence-corrected chi connectivity index (χ3v) is 3.30. The summed E-state index contributed by atoms with van der Waals surface area (Å²) in [6.45, 7) is 6.26. The Morgan fingerprint density at radius 1 is 1.16 bits per heavy atom. The molecule has 0 radical (unpaired) electrons. The average Bonchev–Trinajstić information content (AvgIpc) is 2.58. The molecule has 1 N–H and O–H groups in total.